The van der Waals surface area contributed by atoms with Crippen molar-refractivity contribution in [1.82, 2.24) is 0 Å². The fraction of sp³-hybridized carbons (Fsp3) is 0.231. The van der Waals surface area contributed by atoms with Gasteiger partial charge in [0.25, 0.3) is 0 Å². The molecule has 1 aromatic carbocycles. The van der Waals surface area contributed by atoms with Gasteiger partial charge in [-0.1, -0.05) is 48.9 Å². The summed E-state index contributed by atoms with van der Waals surface area (Å²) in [7, 11) is 0. The highest BCUT2D eigenvalue weighted by Gasteiger charge is 2.23. The van der Waals surface area contributed by atoms with Crippen molar-refractivity contribution >= 4 is 11.6 Å². The maximum atomic E-state index is 6.14. The third-order valence-electron chi connectivity index (χ3n) is 2.51. The van der Waals surface area contributed by atoms with Crippen LogP contribution in [0.25, 0.3) is 0 Å². The minimum Gasteiger partial charge on any atom is -0.103 e. The van der Waals surface area contributed by atoms with E-state index >= 15 is 0 Å². The van der Waals surface area contributed by atoms with Crippen LogP contribution in [0.15, 0.2) is 49.6 Å². The molecule has 14 heavy (non-hydrogen) atoms. The monoisotopic (exact) mass is 206 g/mol. The van der Waals surface area contributed by atoms with Gasteiger partial charge in [-0.25, -0.2) is 0 Å². The second-order valence-electron chi connectivity index (χ2n) is 3.59. The third-order valence-corrected chi connectivity index (χ3v) is 2.84. The predicted molar refractivity (Wildman–Crippen MR) is 63.8 cm³/mol. The molecule has 0 nitrogen and oxygen atoms in total. The molecule has 0 aliphatic carbocycles. The number of rotatable bonds is 4. The summed E-state index contributed by atoms with van der Waals surface area (Å²) in [5.41, 5.74) is 0.997. The van der Waals surface area contributed by atoms with Crippen LogP contribution in [0, 0.1) is 0 Å². The molecule has 0 spiro atoms. The van der Waals surface area contributed by atoms with E-state index in [2.05, 4.69) is 20.1 Å². The first-order chi connectivity index (χ1) is 6.64. The Morgan fingerprint density at radius 3 is 2.50 bits per heavy atom. The second-order valence-corrected chi connectivity index (χ2v) is 4.00. The molecule has 0 bridgehead atoms. The Balaban J connectivity index is 3.18. The first-order valence-electron chi connectivity index (χ1n) is 4.63. The zero-order valence-corrected chi connectivity index (χ0v) is 9.22. The third kappa shape index (κ3) is 2.08. The van der Waals surface area contributed by atoms with Crippen molar-refractivity contribution < 1.29 is 0 Å². The number of hydrogen-bond acceptors (Lipinski definition) is 0. The zero-order valence-electron chi connectivity index (χ0n) is 8.46. The van der Waals surface area contributed by atoms with Crippen molar-refractivity contribution in [2.75, 3.05) is 0 Å². The fourth-order valence-corrected chi connectivity index (χ4v) is 1.88. The van der Waals surface area contributed by atoms with Crippen LogP contribution in [0.3, 0.4) is 0 Å². The Hall–Kier alpha value is -1.01. The highest BCUT2D eigenvalue weighted by atomic mass is 35.5. The molecule has 0 saturated carbocycles. The Morgan fingerprint density at radius 1 is 1.36 bits per heavy atom. The molecule has 1 atom stereocenters. The van der Waals surface area contributed by atoms with E-state index in [0.29, 0.717) is 0 Å². The Labute approximate surface area is 90.9 Å². The molecule has 0 N–H and O–H groups in total. The molecule has 0 saturated heterocycles. The average Bonchev–Trinajstić information content (AvgIpc) is 2.18. The van der Waals surface area contributed by atoms with Crippen molar-refractivity contribution in [2.24, 2.45) is 0 Å². The molecule has 0 unspecified atom stereocenters. The quantitative estimate of drug-likeness (QED) is 0.643. The van der Waals surface area contributed by atoms with Gasteiger partial charge in [-0.3, -0.25) is 0 Å². The van der Waals surface area contributed by atoms with E-state index in [1.165, 1.54) is 0 Å². The standard InChI is InChI=1S/C13H15Cl/c1-4-10-13(3,5-2)11-8-6-7-9-12(11)14/h4-9H,1-2,10H2,3H3/t13-/m1/s1. The van der Waals surface area contributed by atoms with Crippen LogP contribution in [0.2, 0.25) is 5.02 Å². The number of benzene rings is 1. The Kier molecular flexibility index (Phi) is 3.54. The highest BCUT2D eigenvalue weighted by Crippen LogP contribution is 2.33. The molecule has 0 aliphatic rings. The van der Waals surface area contributed by atoms with Crippen LogP contribution >= 0.6 is 11.6 Å². The summed E-state index contributed by atoms with van der Waals surface area (Å²) in [6.45, 7) is 9.73. The first-order valence-corrected chi connectivity index (χ1v) is 5.01. The normalized spacial score (nSPS) is 14.4. The van der Waals surface area contributed by atoms with Gasteiger partial charge < -0.3 is 0 Å². The van der Waals surface area contributed by atoms with E-state index < -0.39 is 0 Å². The average molecular weight is 207 g/mol. The lowest BCUT2D eigenvalue weighted by Crippen LogP contribution is -2.17. The van der Waals surface area contributed by atoms with Gasteiger partial charge in [0.05, 0.1) is 0 Å². The number of allylic oxidation sites excluding steroid dienone is 2. The lowest BCUT2D eigenvalue weighted by atomic mass is 9.80. The minimum atomic E-state index is -0.111. The maximum Gasteiger partial charge on any atom is 0.0446 e. The Bertz CT molecular complexity index is 341. The van der Waals surface area contributed by atoms with Gasteiger partial charge in [-0.15, -0.1) is 13.2 Å². The molecule has 74 valence electrons. The molecule has 0 fully saturated rings. The highest BCUT2D eigenvalue weighted by molar-refractivity contribution is 6.31. The predicted octanol–water partition coefficient (Wildman–Crippen LogP) is 4.36. The van der Waals surface area contributed by atoms with Crippen LogP contribution in [-0.4, -0.2) is 0 Å². The summed E-state index contributed by atoms with van der Waals surface area (Å²) in [5, 5.41) is 0.789. The van der Waals surface area contributed by atoms with Crippen LogP contribution in [0.5, 0.6) is 0 Å². The van der Waals surface area contributed by atoms with Gasteiger partial charge in [0.1, 0.15) is 0 Å². The van der Waals surface area contributed by atoms with Crippen molar-refractivity contribution in [3.63, 3.8) is 0 Å². The fourth-order valence-electron chi connectivity index (χ4n) is 1.53. The molecule has 0 radical (unpaired) electrons. The lowest BCUT2D eigenvalue weighted by Gasteiger charge is -2.25. The van der Waals surface area contributed by atoms with Crippen molar-refractivity contribution in [3.05, 3.63) is 60.2 Å². The summed E-state index contributed by atoms with van der Waals surface area (Å²) in [4.78, 5) is 0. The van der Waals surface area contributed by atoms with Crippen molar-refractivity contribution in [1.29, 1.82) is 0 Å². The molecule has 1 aromatic rings. The largest absolute Gasteiger partial charge is 0.103 e. The van der Waals surface area contributed by atoms with Crippen molar-refractivity contribution in [3.8, 4) is 0 Å². The van der Waals surface area contributed by atoms with E-state index in [-0.39, 0.29) is 5.41 Å². The molecule has 1 rings (SSSR count). The van der Waals surface area contributed by atoms with E-state index in [9.17, 15) is 0 Å². The van der Waals surface area contributed by atoms with E-state index in [1.54, 1.807) is 0 Å². The summed E-state index contributed by atoms with van der Waals surface area (Å²) < 4.78 is 0. The number of hydrogen-bond donors (Lipinski definition) is 0. The summed E-state index contributed by atoms with van der Waals surface area (Å²) in [5.74, 6) is 0. The SMILES string of the molecule is C=CC[C@@](C)(C=C)c1ccccc1Cl. The molecule has 0 heterocycles. The van der Waals surface area contributed by atoms with E-state index in [4.69, 9.17) is 11.6 Å². The second kappa shape index (κ2) is 4.47. The molecule has 1 heteroatoms. The molecular weight excluding hydrogens is 192 g/mol. The van der Waals surface area contributed by atoms with Crippen LogP contribution in [-0.2, 0) is 5.41 Å². The van der Waals surface area contributed by atoms with Crippen LogP contribution in [0.1, 0.15) is 18.9 Å². The van der Waals surface area contributed by atoms with Gasteiger partial charge in [0.15, 0.2) is 0 Å². The van der Waals surface area contributed by atoms with Gasteiger partial charge in [-0.05, 0) is 18.1 Å². The molecule has 0 aromatic heterocycles. The topological polar surface area (TPSA) is 0 Å². The summed E-state index contributed by atoms with van der Waals surface area (Å²) >= 11 is 6.14. The molecule has 0 aliphatic heterocycles. The van der Waals surface area contributed by atoms with Crippen molar-refractivity contribution in [2.45, 2.75) is 18.8 Å². The van der Waals surface area contributed by atoms with Crippen LogP contribution in [0.4, 0.5) is 0 Å². The van der Waals surface area contributed by atoms with Crippen LogP contribution < -0.4 is 0 Å². The van der Waals surface area contributed by atoms with Gasteiger partial charge in [0.2, 0.25) is 0 Å². The Morgan fingerprint density at radius 2 is 2.00 bits per heavy atom. The molecule has 0 amide bonds. The van der Waals surface area contributed by atoms with Gasteiger partial charge >= 0.3 is 0 Å². The summed E-state index contributed by atoms with van der Waals surface area (Å²) in [6.07, 6.45) is 4.67. The number of halogens is 1. The summed E-state index contributed by atoms with van der Waals surface area (Å²) in [6, 6.07) is 7.87. The van der Waals surface area contributed by atoms with Gasteiger partial charge in [-0.2, -0.15) is 0 Å². The minimum absolute atomic E-state index is 0.111. The van der Waals surface area contributed by atoms with E-state index in [0.717, 1.165) is 17.0 Å². The van der Waals surface area contributed by atoms with E-state index in [1.807, 2.05) is 36.4 Å². The smallest absolute Gasteiger partial charge is 0.0446 e. The van der Waals surface area contributed by atoms with Gasteiger partial charge in [0, 0.05) is 10.4 Å². The first kappa shape index (κ1) is 11.1. The zero-order chi connectivity index (χ0) is 10.6. The lowest BCUT2D eigenvalue weighted by molar-refractivity contribution is 0.608. The maximum absolute atomic E-state index is 6.14. The molecular formula is C13H15Cl.